The summed E-state index contributed by atoms with van der Waals surface area (Å²) in [6.07, 6.45) is 0. The topological polar surface area (TPSA) is 98.8 Å². The van der Waals surface area contributed by atoms with E-state index in [-0.39, 0.29) is 25.7 Å². The number of anilines is 2. The van der Waals surface area contributed by atoms with Crippen molar-refractivity contribution in [1.82, 2.24) is 4.90 Å². The number of rotatable bonds is 7. The summed E-state index contributed by atoms with van der Waals surface area (Å²) in [5.74, 6) is -0.225. The Morgan fingerprint density at radius 1 is 1.32 bits per heavy atom. The van der Waals surface area contributed by atoms with Crippen LogP contribution in [0.2, 0.25) is 0 Å². The first kappa shape index (κ1) is 15.4. The minimum atomic E-state index is -0.225. The van der Waals surface area contributed by atoms with Crippen molar-refractivity contribution in [2.45, 2.75) is 6.92 Å². The lowest BCUT2D eigenvalue weighted by Crippen LogP contribution is -2.37. The highest BCUT2D eigenvalue weighted by molar-refractivity contribution is 5.95. The summed E-state index contributed by atoms with van der Waals surface area (Å²) in [6, 6.07) is 5.41. The number of nitrogens with one attached hydrogen (secondary N) is 1. The molecule has 1 amide bonds. The van der Waals surface area contributed by atoms with E-state index in [4.69, 9.17) is 15.9 Å². The number of carbonyl (C=O) groups excluding carboxylic acids is 1. The number of nitrogens with two attached hydrogens (primary N) is 1. The minimum absolute atomic E-state index is 0.0556. The Hall–Kier alpha value is -1.63. The smallest absolute Gasteiger partial charge is 0.238 e. The Bertz CT molecular complexity index is 418. The number of hydrogen-bond acceptors (Lipinski definition) is 5. The molecule has 19 heavy (non-hydrogen) atoms. The molecule has 1 aromatic rings. The van der Waals surface area contributed by atoms with Gasteiger partial charge in [-0.25, -0.2) is 0 Å². The SMILES string of the molecule is Cc1ccc(NC(=O)CN(CCO)CCO)c(N)c1. The van der Waals surface area contributed by atoms with Crippen molar-refractivity contribution in [3.8, 4) is 0 Å². The molecular formula is C13H21N3O3. The van der Waals surface area contributed by atoms with Crippen LogP contribution in [0, 0.1) is 6.92 Å². The van der Waals surface area contributed by atoms with Crippen molar-refractivity contribution >= 4 is 17.3 Å². The quantitative estimate of drug-likeness (QED) is 0.513. The van der Waals surface area contributed by atoms with Crippen molar-refractivity contribution in [3.63, 3.8) is 0 Å². The van der Waals surface area contributed by atoms with Crippen LogP contribution in [0.15, 0.2) is 18.2 Å². The number of hydrogen-bond donors (Lipinski definition) is 4. The molecule has 0 radical (unpaired) electrons. The third kappa shape index (κ3) is 5.25. The third-order valence-corrected chi connectivity index (χ3v) is 2.68. The van der Waals surface area contributed by atoms with Crippen LogP contribution >= 0.6 is 0 Å². The number of aryl methyl sites for hydroxylation is 1. The van der Waals surface area contributed by atoms with E-state index < -0.39 is 0 Å². The highest BCUT2D eigenvalue weighted by Gasteiger charge is 2.11. The molecular weight excluding hydrogens is 246 g/mol. The third-order valence-electron chi connectivity index (χ3n) is 2.68. The summed E-state index contributed by atoms with van der Waals surface area (Å²) in [5, 5.41) is 20.4. The van der Waals surface area contributed by atoms with Gasteiger partial charge in [-0.05, 0) is 24.6 Å². The molecule has 0 bridgehead atoms. The normalized spacial score (nSPS) is 10.7. The predicted molar refractivity (Wildman–Crippen MR) is 74.8 cm³/mol. The van der Waals surface area contributed by atoms with E-state index in [1.807, 2.05) is 13.0 Å². The average Bonchev–Trinajstić information content (AvgIpc) is 2.33. The number of aliphatic hydroxyl groups excluding tert-OH is 2. The number of benzene rings is 1. The first-order valence-electron chi connectivity index (χ1n) is 6.17. The van der Waals surface area contributed by atoms with E-state index in [9.17, 15) is 4.79 Å². The monoisotopic (exact) mass is 267 g/mol. The maximum atomic E-state index is 11.8. The van der Waals surface area contributed by atoms with Gasteiger partial charge in [0, 0.05) is 13.1 Å². The number of nitrogen functional groups attached to an aromatic ring is 1. The fraction of sp³-hybridized carbons (Fsp3) is 0.462. The molecule has 0 unspecified atom stereocenters. The van der Waals surface area contributed by atoms with Crippen molar-refractivity contribution in [1.29, 1.82) is 0 Å². The highest BCUT2D eigenvalue weighted by Crippen LogP contribution is 2.19. The second-order valence-electron chi connectivity index (χ2n) is 4.36. The van der Waals surface area contributed by atoms with Gasteiger partial charge in [0.05, 0.1) is 31.1 Å². The van der Waals surface area contributed by atoms with Gasteiger partial charge in [-0.2, -0.15) is 0 Å². The summed E-state index contributed by atoms with van der Waals surface area (Å²) in [4.78, 5) is 13.5. The van der Waals surface area contributed by atoms with Gasteiger partial charge in [0.1, 0.15) is 0 Å². The molecule has 0 aromatic heterocycles. The molecule has 106 valence electrons. The summed E-state index contributed by atoms with van der Waals surface area (Å²) in [5.41, 5.74) is 7.93. The average molecular weight is 267 g/mol. The van der Waals surface area contributed by atoms with Gasteiger partial charge in [-0.1, -0.05) is 6.07 Å². The zero-order valence-electron chi connectivity index (χ0n) is 11.1. The number of aliphatic hydroxyl groups is 2. The molecule has 6 heteroatoms. The lowest BCUT2D eigenvalue weighted by Gasteiger charge is -2.19. The van der Waals surface area contributed by atoms with E-state index in [0.717, 1.165) is 5.56 Å². The maximum Gasteiger partial charge on any atom is 0.238 e. The zero-order valence-corrected chi connectivity index (χ0v) is 11.1. The fourth-order valence-electron chi connectivity index (χ4n) is 1.74. The lowest BCUT2D eigenvalue weighted by molar-refractivity contribution is -0.117. The standard InChI is InChI=1S/C13H21N3O3/c1-10-2-3-12(11(14)8-10)15-13(19)9-16(4-6-17)5-7-18/h2-3,8,17-18H,4-7,9,14H2,1H3,(H,15,19). The molecule has 6 nitrogen and oxygen atoms in total. The molecule has 5 N–H and O–H groups in total. The van der Waals surface area contributed by atoms with Crippen LogP contribution in [0.3, 0.4) is 0 Å². The largest absolute Gasteiger partial charge is 0.397 e. The zero-order chi connectivity index (χ0) is 14.3. The Morgan fingerprint density at radius 3 is 2.47 bits per heavy atom. The molecule has 0 saturated heterocycles. The van der Waals surface area contributed by atoms with Crippen LogP contribution in [0.25, 0.3) is 0 Å². The summed E-state index contributed by atoms with van der Waals surface area (Å²) < 4.78 is 0. The van der Waals surface area contributed by atoms with Crippen molar-refractivity contribution in [2.24, 2.45) is 0 Å². The van der Waals surface area contributed by atoms with Crippen molar-refractivity contribution in [2.75, 3.05) is 43.9 Å². The Labute approximate surface area is 112 Å². The van der Waals surface area contributed by atoms with E-state index in [2.05, 4.69) is 5.32 Å². The second kappa shape index (κ2) is 7.73. The summed E-state index contributed by atoms with van der Waals surface area (Å²) in [6.45, 7) is 2.61. The maximum absolute atomic E-state index is 11.8. The number of nitrogens with zero attached hydrogens (tertiary/aromatic N) is 1. The first-order chi connectivity index (χ1) is 9.06. The molecule has 0 spiro atoms. The van der Waals surface area contributed by atoms with Crippen LogP contribution in [0.1, 0.15) is 5.56 Å². The van der Waals surface area contributed by atoms with Gasteiger partial charge < -0.3 is 21.3 Å². The van der Waals surface area contributed by atoms with Gasteiger partial charge in [-0.3, -0.25) is 9.69 Å². The molecule has 1 aromatic carbocycles. The highest BCUT2D eigenvalue weighted by atomic mass is 16.3. The van der Waals surface area contributed by atoms with Gasteiger partial charge in [0.15, 0.2) is 0 Å². The molecule has 0 fully saturated rings. The van der Waals surface area contributed by atoms with E-state index >= 15 is 0 Å². The number of amides is 1. The van der Waals surface area contributed by atoms with Crippen LogP contribution in [0.4, 0.5) is 11.4 Å². The summed E-state index contributed by atoms with van der Waals surface area (Å²) in [7, 11) is 0. The molecule has 0 saturated carbocycles. The molecule has 0 heterocycles. The Balaban J connectivity index is 2.58. The minimum Gasteiger partial charge on any atom is -0.397 e. The Morgan fingerprint density at radius 2 is 1.95 bits per heavy atom. The molecule has 0 aliphatic carbocycles. The molecule has 1 rings (SSSR count). The molecule has 0 aliphatic rings. The van der Waals surface area contributed by atoms with Crippen LogP contribution in [-0.4, -0.2) is 53.9 Å². The molecule has 0 aliphatic heterocycles. The lowest BCUT2D eigenvalue weighted by atomic mass is 10.2. The van der Waals surface area contributed by atoms with E-state index in [1.165, 1.54) is 0 Å². The van der Waals surface area contributed by atoms with Gasteiger partial charge in [0.2, 0.25) is 5.91 Å². The van der Waals surface area contributed by atoms with Crippen molar-refractivity contribution in [3.05, 3.63) is 23.8 Å². The van der Waals surface area contributed by atoms with E-state index in [1.54, 1.807) is 17.0 Å². The molecule has 0 atom stereocenters. The summed E-state index contributed by atoms with van der Waals surface area (Å²) >= 11 is 0. The van der Waals surface area contributed by atoms with Crippen molar-refractivity contribution < 1.29 is 15.0 Å². The Kier molecular flexibility index (Phi) is 6.27. The van der Waals surface area contributed by atoms with E-state index in [0.29, 0.717) is 24.5 Å². The first-order valence-corrected chi connectivity index (χ1v) is 6.17. The fourth-order valence-corrected chi connectivity index (χ4v) is 1.74. The predicted octanol–water partition coefficient (Wildman–Crippen LogP) is -0.198. The van der Waals surface area contributed by atoms with Crippen LogP contribution < -0.4 is 11.1 Å². The van der Waals surface area contributed by atoms with Gasteiger partial charge in [-0.15, -0.1) is 0 Å². The van der Waals surface area contributed by atoms with Gasteiger partial charge >= 0.3 is 0 Å². The van der Waals surface area contributed by atoms with Gasteiger partial charge in [0.25, 0.3) is 0 Å². The second-order valence-corrected chi connectivity index (χ2v) is 4.36. The number of carbonyl (C=O) groups is 1. The van der Waals surface area contributed by atoms with Crippen LogP contribution in [0.5, 0.6) is 0 Å². The van der Waals surface area contributed by atoms with Crippen LogP contribution in [-0.2, 0) is 4.79 Å².